The predicted molar refractivity (Wildman–Crippen MR) is 127 cm³/mol. The van der Waals surface area contributed by atoms with Crippen LogP contribution in [0.15, 0.2) is 71.6 Å². The lowest BCUT2D eigenvalue weighted by Crippen LogP contribution is -2.37. The van der Waals surface area contributed by atoms with Gasteiger partial charge >= 0.3 is 0 Å². The number of rotatable bonds is 8. The number of sulfonamides is 1. The van der Waals surface area contributed by atoms with Crippen LogP contribution in [0.4, 0.5) is 5.69 Å². The van der Waals surface area contributed by atoms with Gasteiger partial charge in [0.25, 0.3) is 0 Å². The highest BCUT2D eigenvalue weighted by Gasteiger charge is 2.27. The fourth-order valence-corrected chi connectivity index (χ4v) is 4.91. The van der Waals surface area contributed by atoms with Crippen LogP contribution in [0.2, 0.25) is 15.1 Å². The van der Waals surface area contributed by atoms with Crippen LogP contribution in [0.25, 0.3) is 0 Å². The summed E-state index contributed by atoms with van der Waals surface area (Å²) in [5, 5.41) is 3.84. The van der Waals surface area contributed by atoms with Crippen molar-refractivity contribution >= 4 is 56.4 Å². The second kappa shape index (κ2) is 10.6. The van der Waals surface area contributed by atoms with Crippen LogP contribution >= 0.6 is 34.8 Å². The minimum Gasteiger partial charge on any atom is -0.495 e. The lowest BCUT2D eigenvalue weighted by atomic mass is 10.2. The quantitative estimate of drug-likeness (QED) is 0.432. The molecule has 0 fully saturated rings. The van der Waals surface area contributed by atoms with E-state index >= 15 is 0 Å². The van der Waals surface area contributed by atoms with Gasteiger partial charge in [-0.25, -0.2) is 8.42 Å². The van der Waals surface area contributed by atoms with Crippen molar-refractivity contribution < 1.29 is 17.9 Å². The molecule has 0 heterocycles. The Balaban J connectivity index is 1.87. The van der Waals surface area contributed by atoms with E-state index in [1.165, 1.54) is 37.4 Å². The van der Waals surface area contributed by atoms with E-state index < -0.39 is 22.5 Å². The molecule has 3 rings (SSSR count). The molecule has 10 heteroatoms. The summed E-state index contributed by atoms with van der Waals surface area (Å²) in [5.41, 5.74) is 1.04. The molecule has 0 saturated carbocycles. The Morgan fingerprint density at radius 1 is 0.969 bits per heavy atom. The van der Waals surface area contributed by atoms with Crippen molar-refractivity contribution in [1.29, 1.82) is 0 Å². The van der Waals surface area contributed by atoms with Crippen molar-refractivity contribution in [3.05, 3.63) is 87.4 Å². The Kier molecular flexibility index (Phi) is 8.03. The van der Waals surface area contributed by atoms with Crippen LogP contribution in [-0.2, 0) is 21.4 Å². The molecule has 0 radical (unpaired) electrons. The number of nitrogens with one attached hydrogen (secondary N) is 1. The van der Waals surface area contributed by atoms with Gasteiger partial charge in [0.2, 0.25) is 15.9 Å². The Hall–Kier alpha value is -2.29. The second-order valence-electron chi connectivity index (χ2n) is 6.75. The molecule has 0 aliphatic heterocycles. The van der Waals surface area contributed by atoms with Crippen molar-refractivity contribution in [2.24, 2.45) is 0 Å². The highest BCUT2D eigenvalue weighted by molar-refractivity contribution is 7.89. The Morgan fingerprint density at radius 2 is 1.69 bits per heavy atom. The van der Waals surface area contributed by atoms with E-state index in [9.17, 15) is 13.2 Å². The standard InChI is InChI=1S/C22H19Cl3N2O4S/c1-31-21-10-7-18(12-20(21)25)26-22(28)14-27(13-15-3-2-4-17(24)11-15)32(29,30)19-8-5-16(23)6-9-19/h2-12H,13-14H2,1H3,(H,26,28). The average molecular weight is 514 g/mol. The summed E-state index contributed by atoms with van der Waals surface area (Å²) in [4.78, 5) is 12.8. The predicted octanol–water partition coefficient (Wildman–Crippen LogP) is 5.49. The van der Waals surface area contributed by atoms with Gasteiger partial charge in [0.15, 0.2) is 0 Å². The molecule has 6 nitrogen and oxygen atoms in total. The number of anilines is 1. The van der Waals surface area contributed by atoms with Crippen LogP contribution in [0.1, 0.15) is 5.56 Å². The zero-order chi connectivity index (χ0) is 23.3. The number of hydrogen-bond acceptors (Lipinski definition) is 4. The van der Waals surface area contributed by atoms with E-state index in [2.05, 4.69) is 5.32 Å². The zero-order valence-corrected chi connectivity index (χ0v) is 20.0. The maximum Gasteiger partial charge on any atom is 0.243 e. The lowest BCUT2D eigenvalue weighted by molar-refractivity contribution is -0.116. The molecule has 168 valence electrons. The zero-order valence-electron chi connectivity index (χ0n) is 16.9. The van der Waals surface area contributed by atoms with Gasteiger partial charge < -0.3 is 10.1 Å². The summed E-state index contributed by atoms with van der Waals surface area (Å²) < 4.78 is 32.7. The summed E-state index contributed by atoms with van der Waals surface area (Å²) in [7, 11) is -2.53. The molecule has 0 spiro atoms. The minimum atomic E-state index is -4.01. The number of carbonyl (C=O) groups is 1. The Labute approximate surface area is 201 Å². The number of carbonyl (C=O) groups excluding carboxylic acids is 1. The molecule has 0 atom stereocenters. The third-order valence-electron chi connectivity index (χ3n) is 4.45. The first kappa shape index (κ1) is 24.4. The van der Waals surface area contributed by atoms with Gasteiger partial charge in [0, 0.05) is 22.3 Å². The van der Waals surface area contributed by atoms with Gasteiger partial charge in [0.05, 0.1) is 23.6 Å². The van der Waals surface area contributed by atoms with E-state index in [4.69, 9.17) is 39.5 Å². The second-order valence-corrected chi connectivity index (χ2v) is 9.97. The summed E-state index contributed by atoms with van der Waals surface area (Å²) in [5.74, 6) is -0.0802. The number of nitrogens with zero attached hydrogens (tertiary/aromatic N) is 1. The number of ether oxygens (including phenoxy) is 1. The molecule has 0 aliphatic rings. The van der Waals surface area contributed by atoms with Crippen molar-refractivity contribution in [3.8, 4) is 5.75 Å². The van der Waals surface area contributed by atoms with Gasteiger partial charge in [-0.1, -0.05) is 46.9 Å². The van der Waals surface area contributed by atoms with Crippen molar-refractivity contribution in [3.63, 3.8) is 0 Å². The molecule has 1 amide bonds. The van der Waals surface area contributed by atoms with Crippen molar-refractivity contribution in [2.45, 2.75) is 11.4 Å². The first-order chi connectivity index (χ1) is 15.2. The first-order valence-corrected chi connectivity index (χ1v) is 11.9. The molecule has 3 aromatic carbocycles. The van der Waals surface area contributed by atoms with Crippen molar-refractivity contribution in [2.75, 3.05) is 19.0 Å². The monoisotopic (exact) mass is 512 g/mol. The summed E-state index contributed by atoms with van der Waals surface area (Å²) in [6.45, 7) is -0.483. The normalized spacial score (nSPS) is 11.4. The summed E-state index contributed by atoms with van der Waals surface area (Å²) in [6, 6.07) is 17.2. The van der Waals surface area contributed by atoms with Crippen LogP contribution in [0.3, 0.4) is 0 Å². The molecule has 0 saturated heterocycles. The smallest absolute Gasteiger partial charge is 0.243 e. The average Bonchev–Trinajstić information content (AvgIpc) is 2.74. The van der Waals surface area contributed by atoms with E-state index in [1.54, 1.807) is 36.4 Å². The highest BCUT2D eigenvalue weighted by atomic mass is 35.5. The molecule has 0 aliphatic carbocycles. The molecule has 0 unspecified atom stereocenters. The minimum absolute atomic E-state index is 0.0178. The maximum atomic E-state index is 13.3. The van der Waals surface area contributed by atoms with Crippen LogP contribution < -0.4 is 10.1 Å². The van der Waals surface area contributed by atoms with Crippen LogP contribution in [0, 0.1) is 0 Å². The highest BCUT2D eigenvalue weighted by Crippen LogP contribution is 2.27. The van der Waals surface area contributed by atoms with Crippen LogP contribution in [0.5, 0.6) is 5.75 Å². The molecular formula is C22H19Cl3N2O4S. The molecule has 32 heavy (non-hydrogen) atoms. The lowest BCUT2D eigenvalue weighted by Gasteiger charge is -2.22. The number of methoxy groups -OCH3 is 1. The fourth-order valence-electron chi connectivity index (χ4n) is 2.93. The number of benzene rings is 3. The number of halogens is 3. The molecular weight excluding hydrogens is 495 g/mol. The molecule has 0 bridgehead atoms. The van der Waals surface area contributed by atoms with E-state index in [1.807, 2.05) is 0 Å². The van der Waals surface area contributed by atoms with E-state index in [0.717, 1.165) is 4.31 Å². The fraction of sp³-hybridized carbons (Fsp3) is 0.136. The SMILES string of the molecule is COc1ccc(NC(=O)CN(Cc2cccc(Cl)c2)S(=O)(=O)c2ccc(Cl)cc2)cc1Cl. The third-order valence-corrected chi connectivity index (χ3v) is 7.04. The Bertz CT molecular complexity index is 1220. The van der Waals surface area contributed by atoms with Gasteiger partial charge in [-0.3, -0.25) is 4.79 Å². The van der Waals surface area contributed by atoms with Gasteiger partial charge in [-0.05, 0) is 60.2 Å². The van der Waals surface area contributed by atoms with Gasteiger partial charge in [-0.2, -0.15) is 4.31 Å². The van der Waals surface area contributed by atoms with Gasteiger partial charge in [-0.15, -0.1) is 0 Å². The first-order valence-electron chi connectivity index (χ1n) is 9.32. The van der Waals surface area contributed by atoms with Crippen molar-refractivity contribution in [1.82, 2.24) is 4.31 Å². The van der Waals surface area contributed by atoms with Gasteiger partial charge in [0.1, 0.15) is 5.75 Å². The van der Waals surface area contributed by atoms with E-state index in [-0.39, 0.29) is 11.4 Å². The summed E-state index contributed by atoms with van der Waals surface area (Å²) >= 11 is 18.0. The number of amides is 1. The Morgan fingerprint density at radius 3 is 2.31 bits per heavy atom. The molecule has 1 N–H and O–H groups in total. The maximum absolute atomic E-state index is 13.3. The number of hydrogen-bond donors (Lipinski definition) is 1. The van der Waals surface area contributed by atoms with E-state index in [0.29, 0.717) is 32.1 Å². The summed E-state index contributed by atoms with van der Waals surface area (Å²) in [6.07, 6.45) is 0. The van der Waals surface area contributed by atoms with Crippen LogP contribution in [-0.4, -0.2) is 32.3 Å². The third kappa shape index (κ3) is 6.15. The molecule has 3 aromatic rings. The molecule has 0 aromatic heterocycles. The largest absolute Gasteiger partial charge is 0.495 e. The topological polar surface area (TPSA) is 75.7 Å².